The van der Waals surface area contributed by atoms with Crippen LogP contribution in [0.15, 0.2) is 36.4 Å². The van der Waals surface area contributed by atoms with Crippen molar-refractivity contribution in [1.29, 1.82) is 0 Å². The van der Waals surface area contributed by atoms with Gasteiger partial charge in [0.15, 0.2) is 11.5 Å². The summed E-state index contributed by atoms with van der Waals surface area (Å²) in [6, 6.07) is 9.28. The van der Waals surface area contributed by atoms with Gasteiger partial charge in [0, 0.05) is 12.2 Å². The van der Waals surface area contributed by atoms with Crippen molar-refractivity contribution in [3.8, 4) is 11.5 Å². The molecule has 5 nitrogen and oxygen atoms in total. The van der Waals surface area contributed by atoms with Crippen molar-refractivity contribution in [2.24, 2.45) is 0 Å². The number of hydrogen-bond donors (Lipinski definition) is 3. The van der Waals surface area contributed by atoms with Crippen LogP contribution in [0.1, 0.15) is 5.56 Å². The number of methoxy groups -OCH3 is 1. The van der Waals surface area contributed by atoms with E-state index in [1.807, 2.05) is 0 Å². The number of amides is 2. The second kappa shape index (κ2) is 7.24. The second-order valence-corrected chi connectivity index (χ2v) is 5.26. The van der Waals surface area contributed by atoms with Gasteiger partial charge < -0.3 is 20.5 Å². The predicted octanol–water partition coefficient (Wildman–Crippen LogP) is 4.03. The molecule has 0 spiro atoms. The molecular formula is C15H14Cl2N2O3. The van der Waals surface area contributed by atoms with Crippen molar-refractivity contribution < 1.29 is 14.6 Å². The lowest BCUT2D eigenvalue weighted by Crippen LogP contribution is -2.28. The van der Waals surface area contributed by atoms with Gasteiger partial charge in [0.2, 0.25) is 0 Å². The minimum Gasteiger partial charge on any atom is -0.504 e. The average molecular weight is 341 g/mol. The van der Waals surface area contributed by atoms with E-state index in [2.05, 4.69) is 10.6 Å². The van der Waals surface area contributed by atoms with E-state index in [4.69, 9.17) is 27.9 Å². The Labute approximate surface area is 137 Å². The number of halogens is 2. The van der Waals surface area contributed by atoms with Crippen molar-refractivity contribution in [2.75, 3.05) is 12.4 Å². The highest BCUT2D eigenvalue weighted by Crippen LogP contribution is 2.26. The standard InChI is InChI=1S/C15H14Cl2N2O3/c1-22-14-6-9(2-5-13(14)20)8-18-15(21)19-10-3-4-11(16)12(17)7-10/h2-7,20H,8H2,1H3,(H2,18,19,21). The van der Waals surface area contributed by atoms with E-state index in [-0.39, 0.29) is 18.3 Å². The number of nitrogens with one attached hydrogen (secondary N) is 2. The molecule has 3 N–H and O–H groups in total. The molecule has 0 aliphatic rings. The van der Waals surface area contributed by atoms with Crippen molar-refractivity contribution >= 4 is 34.9 Å². The van der Waals surface area contributed by atoms with Crippen LogP contribution in [0, 0.1) is 0 Å². The molecule has 2 rings (SSSR count). The van der Waals surface area contributed by atoms with E-state index in [1.54, 1.807) is 30.3 Å². The Morgan fingerprint density at radius 1 is 1.18 bits per heavy atom. The highest BCUT2D eigenvalue weighted by molar-refractivity contribution is 6.42. The molecule has 0 saturated carbocycles. The number of anilines is 1. The molecule has 7 heteroatoms. The first-order valence-corrected chi connectivity index (χ1v) is 7.11. The van der Waals surface area contributed by atoms with Crippen molar-refractivity contribution in [1.82, 2.24) is 5.32 Å². The maximum atomic E-state index is 11.8. The first-order valence-electron chi connectivity index (χ1n) is 6.35. The van der Waals surface area contributed by atoms with Crippen LogP contribution in [-0.2, 0) is 6.54 Å². The number of phenolic OH excluding ortho intramolecular Hbond substituents is 1. The number of urea groups is 1. The van der Waals surface area contributed by atoms with Crippen molar-refractivity contribution in [3.63, 3.8) is 0 Å². The summed E-state index contributed by atoms with van der Waals surface area (Å²) >= 11 is 11.7. The molecule has 0 bridgehead atoms. The fourth-order valence-electron chi connectivity index (χ4n) is 1.76. The van der Waals surface area contributed by atoms with Crippen LogP contribution in [0.2, 0.25) is 10.0 Å². The average Bonchev–Trinajstić information content (AvgIpc) is 2.50. The highest BCUT2D eigenvalue weighted by Gasteiger charge is 2.06. The molecule has 0 heterocycles. The Hall–Kier alpha value is -2.11. The third-order valence-electron chi connectivity index (χ3n) is 2.87. The zero-order valence-corrected chi connectivity index (χ0v) is 13.2. The zero-order chi connectivity index (χ0) is 16.1. The van der Waals surface area contributed by atoms with E-state index in [0.29, 0.717) is 21.5 Å². The Balaban J connectivity index is 1.93. The molecule has 2 amide bonds. The molecule has 0 aliphatic carbocycles. The van der Waals surface area contributed by atoms with E-state index >= 15 is 0 Å². The minimum absolute atomic E-state index is 0.0477. The Morgan fingerprint density at radius 2 is 1.95 bits per heavy atom. The number of aromatic hydroxyl groups is 1. The number of benzene rings is 2. The van der Waals surface area contributed by atoms with E-state index in [1.165, 1.54) is 13.2 Å². The zero-order valence-electron chi connectivity index (χ0n) is 11.7. The summed E-state index contributed by atoms with van der Waals surface area (Å²) in [5, 5.41) is 15.6. The van der Waals surface area contributed by atoms with E-state index in [0.717, 1.165) is 5.56 Å². The molecule has 0 fully saturated rings. The van der Waals surface area contributed by atoms with Gasteiger partial charge in [0.05, 0.1) is 17.2 Å². The first kappa shape index (κ1) is 16.3. The van der Waals surface area contributed by atoms with Crippen LogP contribution in [0.25, 0.3) is 0 Å². The quantitative estimate of drug-likeness (QED) is 0.786. The summed E-state index contributed by atoms with van der Waals surface area (Å²) in [4.78, 5) is 11.8. The van der Waals surface area contributed by atoms with Gasteiger partial charge in [0.1, 0.15) is 0 Å². The molecule has 0 saturated heterocycles. The Kier molecular flexibility index (Phi) is 5.35. The topological polar surface area (TPSA) is 70.6 Å². The third-order valence-corrected chi connectivity index (χ3v) is 3.61. The smallest absolute Gasteiger partial charge is 0.319 e. The fraction of sp³-hybridized carbons (Fsp3) is 0.133. The van der Waals surface area contributed by atoms with Gasteiger partial charge in [-0.05, 0) is 35.9 Å². The monoisotopic (exact) mass is 340 g/mol. The maximum Gasteiger partial charge on any atom is 0.319 e. The maximum absolute atomic E-state index is 11.8. The fourth-order valence-corrected chi connectivity index (χ4v) is 2.06. The normalized spacial score (nSPS) is 10.1. The van der Waals surface area contributed by atoms with Gasteiger partial charge >= 0.3 is 6.03 Å². The second-order valence-electron chi connectivity index (χ2n) is 4.44. The summed E-state index contributed by atoms with van der Waals surface area (Å²) in [6.07, 6.45) is 0. The van der Waals surface area contributed by atoms with Crippen molar-refractivity contribution in [3.05, 3.63) is 52.0 Å². The summed E-state index contributed by atoms with van der Waals surface area (Å²) in [6.45, 7) is 0.282. The van der Waals surface area contributed by atoms with Gasteiger partial charge in [-0.2, -0.15) is 0 Å². The number of phenols is 1. The van der Waals surface area contributed by atoms with Crippen LogP contribution in [0.3, 0.4) is 0 Å². The summed E-state index contributed by atoms with van der Waals surface area (Å²) in [5.41, 5.74) is 1.33. The number of ether oxygens (including phenoxy) is 1. The highest BCUT2D eigenvalue weighted by atomic mass is 35.5. The molecular weight excluding hydrogens is 327 g/mol. The molecule has 0 aliphatic heterocycles. The van der Waals surface area contributed by atoms with E-state index < -0.39 is 0 Å². The molecule has 0 unspecified atom stereocenters. The molecule has 0 radical (unpaired) electrons. The van der Waals surface area contributed by atoms with Gasteiger partial charge in [-0.3, -0.25) is 0 Å². The SMILES string of the molecule is COc1cc(CNC(=O)Nc2ccc(Cl)c(Cl)c2)ccc1O. The first-order chi connectivity index (χ1) is 10.5. The molecule has 0 atom stereocenters. The number of carbonyl (C=O) groups is 1. The lowest BCUT2D eigenvalue weighted by Gasteiger charge is -2.10. The Morgan fingerprint density at radius 3 is 2.64 bits per heavy atom. The molecule has 2 aromatic rings. The third kappa shape index (κ3) is 4.19. The largest absolute Gasteiger partial charge is 0.504 e. The van der Waals surface area contributed by atoms with Crippen LogP contribution >= 0.6 is 23.2 Å². The molecule has 0 aromatic heterocycles. The van der Waals surface area contributed by atoms with Gasteiger partial charge in [-0.15, -0.1) is 0 Å². The van der Waals surface area contributed by atoms with Crippen LogP contribution in [0.5, 0.6) is 11.5 Å². The molecule has 2 aromatic carbocycles. The predicted molar refractivity (Wildman–Crippen MR) is 87.0 cm³/mol. The lowest BCUT2D eigenvalue weighted by atomic mass is 10.2. The van der Waals surface area contributed by atoms with E-state index in [9.17, 15) is 9.90 Å². The lowest BCUT2D eigenvalue weighted by molar-refractivity contribution is 0.251. The molecule has 22 heavy (non-hydrogen) atoms. The summed E-state index contributed by atoms with van der Waals surface area (Å²) in [7, 11) is 1.46. The van der Waals surface area contributed by atoms with Crippen LogP contribution < -0.4 is 15.4 Å². The molecule has 116 valence electrons. The van der Waals surface area contributed by atoms with Gasteiger partial charge in [-0.25, -0.2) is 4.79 Å². The summed E-state index contributed by atoms with van der Waals surface area (Å²) in [5.74, 6) is 0.399. The van der Waals surface area contributed by atoms with Crippen molar-refractivity contribution in [2.45, 2.75) is 6.54 Å². The van der Waals surface area contributed by atoms with Crippen LogP contribution in [-0.4, -0.2) is 18.2 Å². The Bertz CT molecular complexity index is 692. The number of hydrogen-bond acceptors (Lipinski definition) is 3. The van der Waals surface area contributed by atoms with Gasteiger partial charge in [0.25, 0.3) is 0 Å². The summed E-state index contributed by atoms with van der Waals surface area (Å²) < 4.78 is 5.01. The minimum atomic E-state index is -0.384. The number of carbonyl (C=O) groups excluding carboxylic acids is 1. The van der Waals surface area contributed by atoms with Crippen LogP contribution in [0.4, 0.5) is 10.5 Å². The van der Waals surface area contributed by atoms with Gasteiger partial charge in [-0.1, -0.05) is 29.3 Å². The number of rotatable bonds is 4.